The van der Waals surface area contributed by atoms with Crippen molar-refractivity contribution < 1.29 is 14.1 Å². The molecule has 3 aromatic rings. The molecule has 0 unspecified atom stereocenters. The maximum absolute atomic E-state index is 11.4. The third-order valence-corrected chi connectivity index (χ3v) is 4.59. The fourth-order valence-corrected chi connectivity index (χ4v) is 2.95. The molecule has 0 aliphatic carbocycles. The summed E-state index contributed by atoms with van der Waals surface area (Å²) in [6.45, 7) is 2.53. The summed E-state index contributed by atoms with van der Waals surface area (Å²) < 4.78 is 11.4. The molecule has 6 heteroatoms. The molecule has 0 radical (unpaired) electrons. The van der Waals surface area contributed by atoms with Gasteiger partial charge in [-0.15, -0.1) is 0 Å². The number of rotatable bonds is 4. The van der Waals surface area contributed by atoms with E-state index < -0.39 is 0 Å². The first-order valence-corrected chi connectivity index (χ1v) is 8.57. The van der Waals surface area contributed by atoms with Crippen molar-refractivity contribution in [3.8, 4) is 22.9 Å². The zero-order valence-corrected chi connectivity index (χ0v) is 14.4. The van der Waals surface area contributed by atoms with Gasteiger partial charge in [0.2, 0.25) is 17.6 Å². The number of carbonyl (C=O) groups excluding carboxylic acids is 1. The lowest BCUT2D eigenvalue weighted by Gasteiger charge is -2.29. The third-order valence-electron chi connectivity index (χ3n) is 4.59. The Hall–Kier alpha value is -3.15. The normalized spacial score (nSPS) is 19.8. The number of hydrogen-bond acceptors (Lipinski definition) is 5. The number of nitrogens with one attached hydrogen (secondary N) is 1. The number of carbonyl (C=O) groups is 1. The lowest BCUT2D eigenvalue weighted by atomic mass is 9.82. The molecule has 4 rings (SSSR count). The van der Waals surface area contributed by atoms with Crippen molar-refractivity contribution in [2.45, 2.75) is 25.2 Å². The van der Waals surface area contributed by atoms with Crippen LogP contribution in [0.1, 0.15) is 25.7 Å². The largest absolute Gasteiger partial charge is 0.457 e. The Morgan fingerprint density at radius 2 is 1.92 bits per heavy atom. The maximum atomic E-state index is 11.4. The molecule has 2 aromatic carbocycles. The lowest BCUT2D eigenvalue weighted by Crippen LogP contribution is -2.44. The van der Waals surface area contributed by atoms with Crippen molar-refractivity contribution in [2.75, 3.05) is 6.54 Å². The van der Waals surface area contributed by atoms with Crippen LogP contribution in [0, 0.1) is 0 Å². The lowest BCUT2D eigenvalue weighted by molar-refractivity contribution is -0.123. The van der Waals surface area contributed by atoms with Gasteiger partial charge in [0.25, 0.3) is 0 Å². The van der Waals surface area contributed by atoms with E-state index in [1.54, 1.807) is 0 Å². The van der Waals surface area contributed by atoms with E-state index in [2.05, 4.69) is 15.5 Å². The number of nitrogens with zero attached hydrogens (tertiary/aromatic N) is 2. The molecule has 1 aliphatic heterocycles. The summed E-state index contributed by atoms with van der Waals surface area (Å²) >= 11 is 0. The molecular formula is C20H19N3O3. The van der Waals surface area contributed by atoms with Gasteiger partial charge >= 0.3 is 0 Å². The summed E-state index contributed by atoms with van der Waals surface area (Å²) in [7, 11) is 0. The third kappa shape index (κ3) is 3.31. The average Bonchev–Trinajstić information content (AvgIpc) is 3.17. The second kappa shape index (κ2) is 6.63. The summed E-state index contributed by atoms with van der Waals surface area (Å²) in [5, 5.41) is 6.99. The Morgan fingerprint density at radius 3 is 2.69 bits per heavy atom. The van der Waals surface area contributed by atoms with Crippen molar-refractivity contribution in [2.24, 2.45) is 0 Å². The van der Waals surface area contributed by atoms with E-state index in [-0.39, 0.29) is 11.3 Å². The second-order valence-corrected chi connectivity index (χ2v) is 6.70. The number of piperidine rings is 1. The number of para-hydroxylation sites is 1. The van der Waals surface area contributed by atoms with E-state index in [1.165, 1.54) is 0 Å². The molecule has 26 heavy (non-hydrogen) atoms. The highest BCUT2D eigenvalue weighted by atomic mass is 16.5. The summed E-state index contributed by atoms with van der Waals surface area (Å²) in [6.07, 6.45) is 1.16. The zero-order chi connectivity index (χ0) is 18.0. The van der Waals surface area contributed by atoms with E-state index in [0.717, 1.165) is 11.3 Å². The van der Waals surface area contributed by atoms with Gasteiger partial charge in [-0.1, -0.05) is 35.5 Å². The highest BCUT2D eigenvalue weighted by molar-refractivity contribution is 5.77. The molecule has 1 amide bonds. The number of hydrogen-bond donors (Lipinski definition) is 1. The van der Waals surface area contributed by atoms with Crippen LogP contribution in [0.25, 0.3) is 11.4 Å². The van der Waals surface area contributed by atoms with E-state index >= 15 is 0 Å². The van der Waals surface area contributed by atoms with Crippen LogP contribution in [-0.4, -0.2) is 22.6 Å². The van der Waals surface area contributed by atoms with Crippen molar-refractivity contribution in [3.05, 3.63) is 60.5 Å². The number of amides is 1. The van der Waals surface area contributed by atoms with Crippen LogP contribution in [0.2, 0.25) is 0 Å². The standard InChI is InChI=1S/C20H19N3O3/c1-20(11-10-17(24)21-13-20)19-22-18(23-26-19)14-6-5-9-16(12-14)25-15-7-3-2-4-8-15/h2-9,12H,10-11,13H2,1H3,(H,21,24)/t20-/m1/s1. The fourth-order valence-electron chi connectivity index (χ4n) is 2.95. The Kier molecular flexibility index (Phi) is 4.16. The predicted octanol–water partition coefficient (Wildman–Crippen LogP) is 3.70. The molecular weight excluding hydrogens is 330 g/mol. The highest BCUT2D eigenvalue weighted by Crippen LogP contribution is 2.32. The van der Waals surface area contributed by atoms with Crippen LogP contribution >= 0.6 is 0 Å². The van der Waals surface area contributed by atoms with Gasteiger partial charge in [0.05, 0.1) is 5.41 Å². The van der Waals surface area contributed by atoms with E-state index in [9.17, 15) is 4.79 Å². The van der Waals surface area contributed by atoms with Crippen LogP contribution in [-0.2, 0) is 10.2 Å². The molecule has 1 saturated heterocycles. The van der Waals surface area contributed by atoms with Gasteiger partial charge in [0.1, 0.15) is 11.5 Å². The van der Waals surface area contributed by atoms with Crippen LogP contribution < -0.4 is 10.1 Å². The molecule has 6 nitrogen and oxygen atoms in total. The molecule has 1 aromatic heterocycles. The molecule has 1 atom stereocenters. The van der Waals surface area contributed by atoms with Gasteiger partial charge in [-0.05, 0) is 37.6 Å². The minimum Gasteiger partial charge on any atom is -0.457 e. The SMILES string of the molecule is C[C@@]1(c2nc(-c3cccc(Oc4ccccc4)c3)no2)CCC(=O)NC1. The molecule has 1 N–H and O–H groups in total. The van der Waals surface area contributed by atoms with Gasteiger partial charge in [0, 0.05) is 18.5 Å². The van der Waals surface area contributed by atoms with Crippen molar-refractivity contribution in [1.29, 1.82) is 0 Å². The minimum absolute atomic E-state index is 0.0629. The van der Waals surface area contributed by atoms with E-state index in [1.807, 2.05) is 61.5 Å². The Bertz CT molecular complexity index is 911. The van der Waals surface area contributed by atoms with Crippen molar-refractivity contribution in [1.82, 2.24) is 15.5 Å². The first-order chi connectivity index (χ1) is 12.6. The average molecular weight is 349 g/mol. The topological polar surface area (TPSA) is 77.2 Å². The quantitative estimate of drug-likeness (QED) is 0.777. The number of aromatic nitrogens is 2. The van der Waals surface area contributed by atoms with E-state index in [4.69, 9.17) is 9.26 Å². The van der Waals surface area contributed by atoms with Crippen LogP contribution in [0.15, 0.2) is 59.1 Å². The zero-order valence-electron chi connectivity index (χ0n) is 14.4. The van der Waals surface area contributed by atoms with Gasteiger partial charge in [-0.3, -0.25) is 4.79 Å². The first-order valence-electron chi connectivity index (χ1n) is 8.57. The van der Waals surface area contributed by atoms with Gasteiger partial charge in [-0.2, -0.15) is 4.98 Å². The summed E-state index contributed by atoms with van der Waals surface area (Å²) in [5.41, 5.74) is 0.481. The maximum Gasteiger partial charge on any atom is 0.234 e. The first kappa shape index (κ1) is 16.3. The predicted molar refractivity (Wildman–Crippen MR) is 95.8 cm³/mol. The fraction of sp³-hybridized carbons (Fsp3) is 0.250. The molecule has 0 saturated carbocycles. The molecule has 1 aliphatic rings. The van der Waals surface area contributed by atoms with Crippen LogP contribution in [0.5, 0.6) is 11.5 Å². The Labute approximate surface area is 151 Å². The van der Waals surface area contributed by atoms with Crippen LogP contribution in [0.3, 0.4) is 0 Å². The Morgan fingerprint density at radius 1 is 1.12 bits per heavy atom. The van der Waals surface area contributed by atoms with Gasteiger partial charge < -0.3 is 14.6 Å². The van der Waals surface area contributed by atoms with Crippen molar-refractivity contribution in [3.63, 3.8) is 0 Å². The number of ether oxygens (including phenoxy) is 1. The second-order valence-electron chi connectivity index (χ2n) is 6.70. The molecule has 132 valence electrons. The molecule has 2 heterocycles. The van der Waals surface area contributed by atoms with Crippen molar-refractivity contribution >= 4 is 5.91 Å². The van der Waals surface area contributed by atoms with E-state index in [0.29, 0.717) is 36.9 Å². The van der Waals surface area contributed by atoms with Gasteiger partial charge in [0.15, 0.2) is 0 Å². The highest BCUT2D eigenvalue weighted by Gasteiger charge is 2.37. The molecule has 0 spiro atoms. The van der Waals surface area contributed by atoms with Crippen LogP contribution in [0.4, 0.5) is 0 Å². The summed E-state index contributed by atoms with van der Waals surface area (Å²) in [5.74, 6) is 2.59. The minimum atomic E-state index is -0.336. The monoisotopic (exact) mass is 349 g/mol. The smallest absolute Gasteiger partial charge is 0.234 e. The summed E-state index contributed by atoms with van der Waals surface area (Å²) in [4.78, 5) is 16.0. The number of benzene rings is 2. The Balaban J connectivity index is 1.56. The molecule has 0 bridgehead atoms. The molecule has 1 fully saturated rings. The summed E-state index contributed by atoms with van der Waals surface area (Å²) in [6, 6.07) is 17.2. The van der Waals surface area contributed by atoms with Gasteiger partial charge in [-0.25, -0.2) is 0 Å².